The Bertz CT molecular complexity index is 1380. The molecule has 1 aliphatic carbocycles. The number of carboxylic acids is 1. The van der Waals surface area contributed by atoms with Crippen molar-refractivity contribution in [2.24, 2.45) is 22.4 Å². The first-order valence-corrected chi connectivity index (χ1v) is 13.1. The molecule has 40 heavy (non-hydrogen) atoms. The molecule has 2 bridgehead atoms. The molecule has 1 saturated carbocycles. The Labute approximate surface area is 230 Å². The highest BCUT2D eigenvalue weighted by Crippen LogP contribution is 2.43. The van der Waals surface area contributed by atoms with Gasteiger partial charge in [-0.05, 0) is 80.1 Å². The van der Waals surface area contributed by atoms with Crippen molar-refractivity contribution >= 4 is 46.8 Å². The van der Waals surface area contributed by atoms with Gasteiger partial charge in [-0.25, -0.2) is 4.99 Å². The maximum absolute atomic E-state index is 13.5. The molecule has 6 N–H and O–H groups in total. The Morgan fingerprint density at radius 1 is 0.900 bits per heavy atom. The zero-order valence-corrected chi connectivity index (χ0v) is 21.7. The summed E-state index contributed by atoms with van der Waals surface area (Å²) in [6, 6.07) is 10.7. The Hall–Kier alpha value is -4.74. The number of nitrogens with two attached hydrogens (primary N) is 2. The zero-order valence-electron chi connectivity index (χ0n) is 21.7. The van der Waals surface area contributed by atoms with Gasteiger partial charge in [-0.15, -0.1) is 0 Å². The van der Waals surface area contributed by atoms with E-state index in [0.717, 1.165) is 30.6 Å². The highest BCUT2D eigenvalue weighted by atomic mass is 16.4. The van der Waals surface area contributed by atoms with E-state index in [1.807, 2.05) is 0 Å². The summed E-state index contributed by atoms with van der Waals surface area (Å²) in [5, 5.41) is 12.1. The lowest BCUT2D eigenvalue weighted by atomic mass is 9.72. The van der Waals surface area contributed by atoms with Crippen molar-refractivity contribution in [3.8, 4) is 0 Å². The lowest BCUT2D eigenvalue weighted by Crippen LogP contribution is -2.72. The molecule has 2 atom stereocenters. The van der Waals surface area contributed by atoms with Crippen molar-refractivity contribution in [3.63, 3.8) is 0 Å². The van der Waals surface area contributed by atoms with E-state index < -0.39 is 42.8 Å². The van der Waals surface area contributed by atoms with Crippen molar-refractivity contribution < 1.29 is 29.1 Å². The van der Waals surface area contributed by atoms with Crippen LogP contribution in [0.15, 0.2) is 53.5 Å². The normalized spacial score (nSPS) is 23.4. The van der Waals surface area contributed by atoms with Gasteiger partial charge in [0.15, 0.2) is 11.7 Å². The van der Waals surface area contributed by atoms with Crippen molar-refractivity contribution in [1.29, 1.82) is 0 Å². The predicted molar refractivity (Wildman–Crippen MR) is 145 cm³/mol. The van der Waals surface area contributed by atoms with Gasteiger partial charge in [-0.1, -0.05) is 0 Å². The van der Waals surface area contributed by atoms with Crippen LogP contribution in [0.4, 0.5) is 11.4 Å². The van der Waals surface area contributed by atoms with Crippen molar-refractivity contribution in [1.82, 2.24) is 9.80 Å². The molecule has 12 heteroatoms. The summed E-state index contributed by atoms with van der Waals surface area (Å²) in [6.07, 6.45) is 2.71. The number of piperazine rings is 1. The number of aliphatic imine (C=N–C) groups is 1. The number of rotatable bonds is 8. The number of piperidine rings is 2. The second kappa shape index (κ2) is 10.8. The minimum Gasteiger partial charge on any atom is -0.481 e. The molecule has 3 aliphatic heterocycles. The second-order valence-electron chi connectivity index (χ2n) is 10.4. The monoisotopic (exact) mass is 546 g/mol. The molecule has 0 unspecified atom stereocenters. The lowest BCUT2D eigenvalue weighted by molar-refractivity contribution is -0.177. The van der Waals surface area contributed by atoms with Crippen molar-refractivity contribution in [2.75, 3.05) is 11.9 Å². The van der Waals surface area contributed by atoms with Crippen LogP contribution in [-0.4, -0.2) is 75.0 Å². The number of carboxylic acid groups (broad SMARTS) is 1. The molecule has 2 aromatic carbocycles. The molecule has 12 nitrogen and oxygen atoms in total. The third-order valence-corrected chi connectivity index (χ3v) is 7.83. The third kappa shape index (κ3) is 5.24. The molecule has 0 spiro atoms. The fourth-order valence-electron chi connectivity index (χ4n) is 6.03. The summed E-state index contributed by atoms with van der Waals surface area (Å²) in [5.41, 5.74) is 12.4. The molecule has 6 rings (SSSR count). The Morgan fingerprint density at radius 2 is 1.50 bits per heavy atom. The van der Waals surface area contributed by atoms with Gasteiger partial charge in [0.25, 0.3) is 0 Å². The number of ketones is 1. The quantitative estimate of drug-likeness (QED) is 0.216. The summed E-state index contributed by atoms with van der Waals surface area (Å²) in [4.78, 5) is 70.8. The number of fused-ring (bicyclic) bond motifs is 2. The fraction of sp³-hybridized carbons (Fsp3) is 0.357. The number of anilines is 1. The third-order valence-electron chi connectivity index (χ3n) is 7.83. The van der Waals surface area contributed by atoms with Crippen LogP contribution in [0.2, 0.25) is 0 Å². The number of aliphatic carboxylic acids is 1. The number of amides is 3. The molecule has 0 aromatic heterocycles. The van der Waals surface area contributed by atoms with Gasteiger partial charge in [0, 0.05) is 22.9 Å². The van der Waals surface area contributed by atoms with E-state index in [0.29, 0.717) is 22.5 Å². The lowest BCUT2D eigenvalue weighted by Gasteiger charge is -2.56. The molecule has 0 radical (unpaired) electrons. The summed E-state index contributed by atoms with van der Waals surface area (Å²) in [6.45, 7) is -0.451. The zero-order chi connectivity index (χ0) is 28.6. The Kier molecular flexibility index (Phi) is 7.24. The number of carbonyl (C=O) groups excluding carboxylic acids is 4. The molecule has 3 amide bonds. The van der Waals surface area contributed by atoms with E-state index >= 15 is 0 Å². The number of nitrogens with one attached hydrogen (secondary N) is 1. The topological polar surface area (TPSA) is 188 Å². The van der Waals surface area contributed by atoms with Gasteiger partial charge >= 0.3 is 5.97 Å². The van der Waals surface area contributed by atoms with Crippen LogP contribution in [-0.2, 0) is 19.2 Å². The number of nitrogens with zero attached hydrogens (tertiary/aromatic N) is 3. The highest BCUT2D eigenvalue weighted by Gasteiger charge is 2.55. The first-order chi connectivity index (χ1) is 19.1. The van der Waals surface area contributed by atoms with Crippen molar-refractivity contribution in [3.05, 3.63) is 59.7 Å². The largest absolute Gasteiger partial charge is 0.481 e. The molecular formula is C28H30N6O6. The number of hydrogen-bond acceptors (Lipinski definition) is 6. The van der Waals surface area contributed by atoms with Gasteiger partial charge in [0.1, 0.15) is 18.6 Å². The predicted octanol–water partition coefficient (Wildman–Crippen LogP) is 1.22. The molecule has 4 fully saturated rings. The minimum absolute atomic E-state index is 0.0191. The second-order valence-corrected chi connectivity index (χ2v) is 10.4. The molecule has 4 aliphatic rings. The first-order valence-electron chi connectivity index (χ1n) is 13.1. The summed E-state index contributed by atoms with van der Waals surface area (Å²) in [7, 11) is 0. The van der Waals surface area contributed by atoms with Crippen LogP contribution in [0.3, 0.4) is 0 Å². The summed E-state index contributed by atoms with van der Waals surface area (Å²) < 4.78 is 0. The van der Waals surface area contributed by atoms with E-state index in [1.165, 1.54) is 0 Å². The summed E-state index contributed by atoms with van der Waals surface area (Å²) >= 11 is 0. The van der Waals surface area contributed by atoms with E-state index in [4.69, 9.17) is 11.5 Å². The van der Waals surface area contributed by atoms with Gasteiger partial charge in [0.2, 0.25) is 17.7 Å². The van der Waals surface area contributed by atoms with Crippen LogP contribution in [0, 0.1) is 5.92 Å². The van der Waals surface area contributed by atoms with Gasteiger partial charge in [-0.2, -0.15) is 0 Å². The maximum atomic E-state index is 13.5. The maximum Gasteiger partial charge on any atom is 0.305 e. The van der Waals surface area contributed by atoms with Crippen LogP contribution in [0.1, 0.15) is 48.0 Å². The molecular weight excluding hydrogens is 516 g/mol. The van der Waals surface area contributed by atoms with E-state index in [-0.39, 0.29) is 29.6 Å². The van der Waals surface area contributed by atoms with E-state index in [2.05, 4.69) is 10.3 Å². The van der Waals surface area contributed by atoms with E-state index in [1.54, 1.807) is 53.4 Å². The average Bonchev–Trinajstić information content (AvgIpc) is 2.93. The minimum atomic E-state index is -1.23. The summed E-state index contributed by atoms with van der Waals surface area (Å²) in [5.74, 6) is -2.87. The molecule has 3 heterocycles. The van der Waals surface area contributed by atoms with E-state index in [9.17, 15) is 29.1 Å². The number of guanidine groups is 1. The smallest absolute Gasteiger partial charge is 0.305 e. The number of hydrogen-bond donors (Lipinski definition) is 4. The first kappa shape index (κ1) is 26.9. The van der Waals surface area contributed by atoms with Crippen LogP contribution in [0.5, 0.6) is 0 Å². The fourth-order valence-corrected chi connectivity index (χ4v) is 6.03. The van der Waals surface area contributed by atoms with Gasteiger partial charge in [0.05, 0.1) is 12.1 Å². The van der Waals surface area contributed by atoms with Gasteiger partial charge < -0.3 is 31.7 Å². The Balaban J connectivity index is 1.27. The Morgan fingerprint density at radius 3 is 2.08 bits per heavy atom. The molecule has 3 saturated heterocycles. The average molecular weight is 547 g/mol. The van der Waals surface area contributed by atoms with Crippen LogP contribution >= 0.6 is 0 Å². The SMILES string of the molecule is NC(N)=Nc1ccc(C(=O)c2ccc(NC(=O)CN3C(=O)[C@@H]4C5CCC(CC5)N4C(=O)[C@@H]3CC(=O)O)cc2)cc1. The van der Waals surface area contributed by atoms with Crippen LogP contribution in [0.25, 0.3) is 0 Å². The number of carbonyl (C=O) groups is 5. The molecule has 208 valence electrons. The van der Waals surface area contributed by atoms with Crippen LogP contribution < -0.4 is 16.8 Å². The number of benzene rings is 2. The van der Waals surface area contributed by atoms with Gasteiger partial charge in [-0.3, -0.25) is 24.0 Å². The standard InChI is InChI=1S/C28H30N6O6/c29-28(30)32-19-9-3-17(4-10-19)25(38)16-1-7-18(8-2-16)31-22(35)14-33-21(13-23(36)37)26(39)34-20-11-5-15(6-12-20)24(34)27(33)40/h1-4,7-10,15,20-21,24H,5-6,11-14H2,(H,31,35)(H,36,37)(H4,29,30,32)/t15?,20?,21-,24-/m0/s1. The molecule has 2 aromatic rings. The van der Waals surface area contributed by atoms with Crippen molar-refractivity contribution in [2.45, 2.75) is 50.2 Å². The highest BCUT2D eigenvalue weighted by molar-refractivity contribution is 6.09.